The summed E-state index contributed by atoms with van der Waals surface area (Å²) >= 11 is 0. The molecule has 6 nitrogen and oxygen atoms in total. The summed E-state index contributed by atoms with van der Waals surface area (Å²) in [4.78, 5) is 11.2. The lowest BCUT2D eigenvalue weighted by Crippen LogP contribution is -2.18. The quantitative estimate of drug-likeness (QED) is 0.644. The van der Waals surface area contributed by atoms with E-state index in [9.17, 15) is 9.90 Å². The van der Waals surface area contributed by atoms with Gasteiger partial charge in [-0.1, -0.05) is 12.1 Å². The number of anilines is 1. The smallest absolute Gasteiger partial charge is 0.335 e. The normalized spacial score (nSPS) is 15.6. The van der Waals surface area contributed by atoms with Crippen LogP contribution in [-0.2, 0) is 0 Å². The number of nitrogens with zero attached hydrogens (tertiary/aromatic N) is 2. The number of carboxylic acids is 1. The van der Waals surface area contributed by atoms with Gasteiger partial charge in [-0.3, -0.25) is 5.01 Å². The first-order valence-corrected chi connectivity index (χ1v) is 9.57. The number of aromatic carboxylic acids is 1. The average Bonchev–Trinajstić information content (AvgIpc) is 3.24. The van der Waals surface area contributed by atoms with Crippen LogP contribution in [0.3, 0.4) is 0 Å². The molecule has 30 heavy (non-hydrogen) atoms. The van der Waals surface area contributed by atoms with E-state index >= 15 is 0 Å². The molecule has 0 saturated carbocycles. The van der Waals surface area contributed by atoms with Crippen molar-refractivity contribution in [1.29, 1.82) is 0 Å². The van der Waals surface area contributed by atoms with Crippen LogP contribution in [-0.4, -0.2) is 31.0 Å². The van der Waals surface area contributed by atoms with Gasteiger partial charge in [0.2, 0.25) is 0 Å². The Labute approximate surface area is 175 Å². The maximum Gasteiger partial charge on any atom is 0.335 e. The van der Waals surface area contributed by atoms with Gasteiger partial charge < -0.3 is 14.6 Å². The molecule has 0 radical (unpaired) electrons. The number of rotatable bonds is 6. The van der Waals surface area contributed by atoms with Crippen molar-refractivity contribution in [2.45, 2.75) is 12.5 Å². The number of ether oxygens (including phenoxy) is 2. The molecule has 0 spiro atoms. The Hall–Kier alpha value is -3.80. The van der Waals surface area contributed by atoms with E-state index in [4.69, 9.17) is 14.6 Å². The molecule has 0 aromatic heterocycles. The third-order valence-corrected chi connectivity index (χ3v) is 5.21. The van der Waals surface area contributed by atoms with E-state index in [2.05, 4.69) is 0 Å². The number of hydrazone groups is 1. The van der Waals surface area contributed by atoms with Gasteiger partial charge in [0.05, 0.1) is 37.2 Å². The number of benzene rings is 3. The van der Waals surface area contributed by atoms with Crippen LogP contribution >= 0.6 is 0 Å². The molecule has 0 aliphatic carbocycles. The molecule has 1 N–H and O–H groups in total. The van der Waals surface area contributed by atoms with Crippen LogP contribution in [0.15, 0.2) is 77.9 Å². The lowest BCUT2D eigenvalue weighted by atomic mass is 9.97. The van der Waals surface area contributed by atoms with Crippen molar-refractivity contribution in [3.8, 4) is 11.5 Å². The van der Waals surface area contributed by atoms with Gasteiger partial charge in [0, 0.05) is 6.42 Å². The van der Waals surface area contributed by atoms with Crippen molar-refractivity contribution < 1.29 is 19.4 Å². The summed E-state index contributed by atoms with van der Waals surface area (Å²) in [7, 11) is 3.28. The third-order valence-electron chi connectivity index (χ3n) is 5.21. The maximum atomic E-state index is 11.2. The van der Waals surface area contributed by atoms with E-state index in [-0.39, 0.29) is 11.6 Å². The SMILES string of the molecule is COc1ccc(C2=NN(c3ccc(OC)cc3)C(c3ccc(C(=O)O)cc3)C2)cc1. The Balaban J connectivity index is 1.70. The summed E-state index contributed by atoms with van der Waals surface area (Å²) in [5.41, 5.74) is 4.19. The molecule has 1 unspecified atom stereocenters. The minimum Gasteiger partial charge on any atom is -0.497 e. The van der Waals surface area contributed by atoms with E-state index in [0.717, 1.165) is 34.0 Å². The Kier molecular flexibility index (Phi) is 5.39. The van der Waals surface area contributed by atoms with Gasteiger partial charge in [0.25, 0.3) is 0 Å². The zero-order chi connectivity index (χ0) is 21.1. The number of carboxylic acid groups (broad SMARTS) is 1. The molecule has 4 rings (SSSR count). The van der Waals surface area contributed by atoms with Crippen LogP contribution < -0.4 is 14.5 Å². The van der Waals surface area contributed by atoms with Gasteiger partial charge in [-0.25, -0.2) is 4.79 Å². The zero-order valence-electron chi connectivity index (χ0n) is 16.8. The second-order valence-electron chi connectivity index (χ2n) is 6.96. The fourth-order valence-corrected chi connectivity index (χ4v) is 3.55. The molecule has 6 heteroatoms. The Morgan fingerprint density at radius 3 is 2.00 bits per heavy atom. The van der Waals surface area contributed by atoms with E-state index in [1.165, 1.54) is 0 Å². The lowest BCUT2D eigenvalue weighted by Gasteiger charge is -2.24. The van der Waals surface area contributed by atoms with Gasteiger partial charge in [0.1, 0.15) is 11.5 Å². The zero-order valence-corrected chi connectivity index (χ0v) is 16.8. The Bertz CT molecular complexity index is 1060. The highest BCUT2D eigenvalue weighted by Crippen LogP contribution is 2.37. The van der Waals surface area contributed by atoms with Crippen molar-refractivity contribution in [3.63, 3.8) is 0 Å². The highest BCUT2D eigenvalue weighted by molar-refractivity contribution is 6.03. The van der Waals surface area contributed by atoms with Crippen LogP contribution in [0.2, 0.25) is 0 Å². The van der Waals surface area contributed by atoms with E-state index in [1.807, 2.05) is 65.7 Å². The predicted molar refractivity (Wildman–Crippen MR) is 116 cm³/mol. The summed E-state index contributed by atoms with van der Waals surface area (Å²) in [5, 5.41) is 16.1. The van der Waals surface area contributed by atoms with Crippen molar-refractivity contribution in [1.82, 2.24) is 0 Å². The van der Waals surface area contributed by atoms with E-state index in [1.54, 1.807) is 26.4 Å². The summed E-state index contributed by atoms with van der Waals surface area (Å²) in [6.07, 6.45) is 0.699. The number of hydrogen-bond acceptors (Lipinski definition) is 5. The third kappa shape index (κ3) is 3.85. The second kappa shape index (κ2) is 8.29. The van der Waals surface area contributed by atoms with Gasteiger partial charge in [-0.05, 0) is 71.8 Å². The first kappa shape index (κ1) is 19.5. The Morgan fingerprint density at radius 2 is 1.47 bits per heavy atom. The van der Waals surface area contributed by atoms with Gasteiger partial charge in [-0.2, -0.15) is 5.10 Å². The largest absolute Gasteiger partial charge is 0.497 e. The molecule has 1 atom stereocenters. The summed E-state index contributed by atoms with van der Waals surface area (Å²) in [6, 6.07) is 22.5. The summed E-state index contributed by atoms with van der Waals surface area (Å²) in [5.74, 6) is 0.639. The van der Waals surface area contributed by atoms with Gasteiger partial charge in [-0.15, -0.1) is 0 Å². The van der Waals surface area contributed by atoms with Crippen LogP contribution in [0.1, 0.15) is 33.9 Å². The number of hydrogen-bond donors (Lipinski definition) is 1. The Morgan fingerprint density at radius 1 is 0.900 bits per heavy atom. The van der Waals surface area contributed by atoms with Crippen LogP contribution in [0, 0.1) is 0 Å². The van der Waals surface area contributed by atoms with Crippen LogP contribution in [0.4, 0.5) is 5.69 Å². The minimum absolute atomic E-state index is 0.0432. The number of methoxy groups -OCH3 is 2. The predicted octanol–water partition coefficient (Wildman–Crippen LogP) is 4.76. The summed E-state index contributed by atoms with van der Waals surface area (Å²) < 4.78 is 10.5. The van der Waals surface area contributed by atoms with Crippen molar-refractivity contribution in [2.24, 2.45) is 5.10 Å². The van der Waals surface area contributed by atoms with E-state index in [0.29, 0.717) is 6.42 Å². The maximum absolute atomic E-state index is 11.2. The molecule has 3 aromatic rings. The fraction of sp³-hybridized carbons (Fsp3) is 0.167. The summed E-state index contributed by atoms with van der Waals surface area (Å²) in [6.45, 7) is 0. The lowest BCUT2D eigenvalue weighted by molar-refractivity contribution is 0.0697. The highest BCUT2D eigenvalue weighted by atomic mass is 16.5. The minimum atomic E-state index is -0.935. The molecule has 152 valence electrons. The second-order valence-corrected chi connectivity index (χ2v) is 6.96. The molecule has 3 aromatic carbocycles. The molecule has 0 amide bonds. The van der Waals surface area contributed by atoms with Gasteiger partial charge >= 0.3 is 5.97 Å². The van der Waals surface area contributed by atoms with Crippen molar-refractivity contribution in [2.75, 3.05) is 19.2 Å². The average molecular weight is 402 g/mol. The molecule has 0 saturated heterocycles. The van der Waals surface area contributed by atoms with Crippen molar-refractivity contribution in [3.05, 3.63) is 89.5 Å². The molecule has 0 bridgehead atoms. The standard InChI is InChI=1S/C24H22N2O4/c1-29-20-11-7-16(8-12-20)22-15-23(17-3-5-18(6-4-17)24(27)28)26(25-22)19-9-13-21(30-2)14-10-19/h3-14,23H,15H2,1-2H3,(H,27,28). The first-order chi connectivity index (χ1) is 14.6. The molecular weight excluding hydrogens is 380 g/mol. The molecule has 1 heterocycles. The highest BCUT2D eigenvalue weighted by Gasteiger charge is 2.30. The molecular formula is C24H22N2O4. The molecule has 1 aliphatic rings. The molecule has 0 fully saturated rings. The molecule has 1 aliphatic heterocycles. The fourth-order valence-electron chi connectivity index (χ4n) is 3.55. The van der Waals surface area contributed by atoms with Crippen molar-refractivity contribution >= 4 is 17.4 Å². The topological polar surface area (TPSA) is 71.4 Å². The number of carbonyl (C=O) groups is 1. The van der Waals surface area contributed by atoms with Crippen LogP contribution in [0.5, 0.6) is 11.5 Å². The van der Waals surface area contributed by atoms with Crippen LogP contribution in [0.25, 0.3) is 0 Å². The van der Waals surface area contributed by atoms with Gasteiger partial charge in [0.15, 0.2) is 0 Å². The first-order valence-electron chi connectivity index (χ1n) is 9.57. The monoisotopic (exact) mass is 402 g/mol. The van der Waals surface area contributed by atoms with E-state index < -0.39 is 5.97 Å².